The molecule has 0 heterocycles. The van der Waals surface area contributed by atoms with Gasteiger partial charge in [0.15, 0.2) is 0 Å². The molecule has 0 saturated heterocycles. The zero-order valence-electron chi connectivity index (χ0n) is 7.69. The minimum Gasteiger partial charge on any atom is -0.465 e. The van der Waals surface area contributed by atoms with Gasteiger partial charge in [-0.15, -0.1) is 0 Å². The summed E-state index contributed by atoms with van der Waals surface area (Å²) in [4.78, 5) is 10.2. The van der Waals surface area contributed by atoms with Crippen molar-refractivity contribution in [1.82, 2.24) is 5.32 Å². The highest BCUT2D eigenvalue weighted by atomic mass is 16.5. The highest BCUT2D eigenvalue weighted by Crippen LogP contribution is 2.26. The van der Waals surface area contributed by atoms with E-state index in [2.05, 4.69) is 5.32 Å². The van der Waals surface area contributed by atoms with Crippen molar-refractivity contribution in [3.8, 4) is 0 Å². The third-order valence-electron chi connectivity index (χ3n) is 2.48. The molecule has 0 aliphatic heterocycles. The summed E-state index contributed by atoms with van der Waals surface area (Å²) in [5.74, 6) is 0.219. The van der Waals surface area contributed by atoms with E-state index in [1.165, 1.54) is 0 Å². The molecule has 5 heteroatoms. The first kappa shape index (κ1) is 10.3. The molecule has 0 spiro atoms. The van der Waals surface area contributed by atoms with Crippen molar-refractivity contribution in [3.05, 3.63) is 0 Å². The molecule has 0 radical (unpaired) electrons. The summed E-state index contributed by atoms with van der Waals surface area (Å²) in [6.45, 7) is 0.432. The Hall–Kier alpha value is -0.810. The van der Waals surface area contributed by atoms with Crippen molar-refractivity contribution in [3.63, 3.8) is 0 Å². The number of ether oxygens (including phenoxy) is 1. The average molecular weight is 188 g/mol. The van der Waals surface area contributed by atoms with Gasteiger partial charge < -0.3 is 20.9 Å². The van der Waals surface area contributed by atoms with Gasteiger partial charge in [0.05, 0.1) is 6.10 Å². The molecular formula is C8H16N2O3. The van der Waals surface area contributed by atoms with Crippen molar-refractivity contribution in [2.75, 3.05) is 13.7 Å². The maximum atomic E-state index is 10.2. The molecule has 13 heavy (non-hydrogen) atoms. The van der Waals surface area contributed by atoms with E-state index >= 15 is 0 Å². The number of methoxy groups -OCH3 is 1. The maximum absolute atomic E-state index is 10.2. The third-order valence-corrected chi connectivity index (χ3v) is 2.48. The highest BCUT2D eigenvalue weighted by Gasteiger charge is 2.32. The molecule has 0 unspecified atom stereocenters. The van der Waals surface area contributed by atoms with E-state index in [-0.39, 0.29) is 18.1 Å². The van der Waals surface area contributed by atoms with Gasteiger partial charge >= 0.3 is 6.09 Å². The smallest absolute Gasteiger partial charge is 0.404 e. The summed E-state index contributed by atoms with van der Waals surface area (Å²) >= 11 is 0. The Morgan fingerprint density at radius 3 is 2.92 bits per heavy atom. The number of amides is 1. The summed E-state index contributed by atoms with van der Waals surface area (Å²) in [5.41, 5.74) is 5.74. The molecule has 3 atom stereocenters. The van der Waals surface area contributed by atoms with Crippen molar-refractivity contribution in [2.45, 2.75) is 25.0 Å². The molecule has 0 aromatic rings. The first-order valence-corrected chi connectivity index (χ1v) is 4.38. The molecule has 1 amide bonds. The van der Waals surface area contributed by atoms with Gasteiger partial charge in [0.25, 0.3) is 0 Å². The van der Waals surface area contributed by atoms with Gasteiger partial charge in [-0.05, 0) is 12.8 Å². The molecule has 1 aliphatic carbocycles. The summed E-state index contributed by atoms with van der Waals surface area (Å²) in [5, 5.41) is 10.8. The van der Waals surface area contributed by atoms with Crippen LogP contribution in [0.1, 0.15) is 12.8 Å². The Morgan fingerprint density at radius 1 is 1.69 bits per heavy atom. The van der Waals surface area contributed by atoms with Gasteiger partial charge in [-0.1, -0.05) is 0 Å². The Morgan fingerprint density at radius 2 is 2.38 bits per heavy atom. The monoisotopic (exact) mass is 188 g/mol. The van der Waals surface area contributed by atoms with Crippen molar-refractivity contribution < 1.29 is 14.6 Å². The summed E-state index contributed by atoms with van der Waals surface area (Å²) in [6, 6.07) is 0.144. The van der Waals surface area contributed by atoms with E-state index in [4.69, 9.17) is 15.6 Å². The maximum Gasteiger partial charge on any atom is 0.404 e. The van der Waals surface area contributed by atoms with E-state index in [0.717, 1.165) is 12.8 Å². The molecule has 0 aromatic heterocycles. The van der Waals surface area contributed by atoms with E-state index < -0.39 is 6.09 Å². The molecule has 4 N–H and O–H groups in total. The number of hydrogen-bond donors (Lipinski definition) is 3. The predicted molar refractivity (Wildman–Crippen MR) is 47.5 cm³/mol. The van der Waals surface area contributed by atoms with Crippen LogP contribution in [0.2, 0.25) is 0 Å². The topological polar surface area (TPSA) is 84.6 Å². The summed E-state index contributed by atoms with van der Waals surface area (Å²) in [6.07, 6.45) is 0.763. The van der Waals surface area contributed by atoms with Gasteiger partial charge in [0.1, 0.15) is 0 Å². The highest BCUT2D eigenvalue weighted by molar-refractivity contribution is 5.64. The third kappa shape index (κ3) is 2.86. The second kappa shape index (κ2) is 4.43. The Labute approximate surface area is 77.2 Å². The number of hydrogen-bond acceptors (Lipinski definition) is 3. The van der Waals surface area contributed by atoms with Crippen molar-refractivity contribution >= 4 is 6.09 Å². The number of carboxylic acid groups (broad SMARTS) is 1. The first-order chi connectivity index (χ1) is 6.13. The predicted octanol–water partition coefficient (Wildman–Crippen LogP) is 0.00630. The number of rotatable bonds is 3. The van der Waals surface area contributed by atoms with Gasteiger partial charge in [-0.25, -0.2) is 4.79 Å². The second-order valence-corrected chi connectivity index (χ2v) is 3.45. The number of carbonyl (C=O) groups is 1. The lowest BCUT2D eigenvalue weighted by molar-refractivity contribution is 0.0705. The second-order valence-electron chi connectivity index (χ2n) is 3.45. The molecule has 1 fully saturated rings. The fourth-order valence-electron chi connectivity index (χ4n) is 1.85. The van der Waals surface area contributed by atoms with Crippen LogP contribution in [0.25, 0.3) is 0 Å². The van der Waals surface area contributed by atoms with Crippen molar-refractivity contribution in [1.29, 1.82) is 0 Å². The molecule has 1 aliphatic rings. The van der Waals surface area contributed by atoms with Gasteiger partial charge in [-0.3, -0.25) is 0 Å². The first-order valence-electron chi connectivity index (χ1n) is 4.38. The average Bonchev–Trinajstić information content (AvgIpc) is 2.42. The zero-order valence-corrected chi connectivity index (χ0v) is 7.69. The lowest BCUT2D eigenvalue weighted by Crippen LogP contribution is -2.32. The van der Waals surface area contributed by atoms with Crippen LogP contribution in [-0.2, 0) is 4.74 Å². The van der Waals surface area contributed by atoms with Crippen LogP contribution in [0.4, 0.5) is 4.79 Å². The van der Waals surface area contributed by atoms with Crippen LogP contribution in [0.15, 0.2) is 0 Å². The molecule has 5 nitrogen and oxygen atoms in total. The van der Waals surface area contributed by atoms with Crippen LogP contribution in [0, 0.1) is 5.92 Å². The fourth-order valence-corrected chi connectivity index (χ4v) is 1.85. The normalized spacial score (nSPS) is 33.2. The summed E-state index contributed by atoms with van der Waals surface area (Å²) in [7, 11) is 1.64. The van der Waals surface area contributed by atoms with E-state index in [1.807, 2.05) is 0 Å². The fraction of sp³-hybridized carbons (Fsp3) is 0.875. The largest absolute Gasteiger partial charge is 0.465 e. The minimum atomic E-state index is -0.990. The Balaban J connectivity index is 2.35. The van der Waals surface area contributed by atoms with Crippen LogP contribution < -0.4 is 11.1 Å². The van der Waals surface area contributed by atoms with Gasteiger partial charge in [0, 0.05) is 25.6 Å². The van der Waals surface area contributed by atoms with Crippen LogP contribution >= 0.6 is 0 Å². The van der Waals surface area contributed by atoms with Gasteiger partial charge in [0.2, 0.25) is 0 Å². The van der Waals surface area contributed by atoms with Crippen LogP contribution in [-0.4, -0.2) is 37.0 Å². The van der Waals surface area contributed by atoms with Crippen LogP contribution in [0.3, 0.4) is 0 Å². The molecule has 76 valence electrons. The molecule has 1 rings (SSSR count). The lowest BCUT2D eigenvalue weighted by Gasteiger charge is -2.16. The molecule has 1 saturated carbocycles. The Bertz CT molecular complexity index is 186. The SMILES string of the molecule is CO[C@H]1C[C@H](N)C[C@H]1CNC(=O)O. The summed E-state index contributed by atoms with van der Waals surface area (Å²) < 4.78 is 5.21. The van der Waals surface area contributed by atoms with E-state index in [0.29, 0.717) is 6.54 Å². The minimum absolute atomic E-state index is 0.0989. The van der Waals surface area contributed by atoms with Gasteiger partial charge in [-0.2, -0.15) is 0 Å². The lowest BCUT2D eigenvalue weighted by atomic mass is 10.1. The van der Waals surface area contributed by atoms with E-state index in [9.17, 15) is 4.79 Å². The number of nitrogens with two attached hydrogens (primary N) is 1. The number of nitrogens with one attached hydrogen (secondary N) is 1. The standard InChI is InChI=1S/C8H16N2O3/c1-13-7-3-6(9)2-5(7)4-10-8(11)12/h5-7,10H,2-4,9H2,1H3,(H,11,12)/t5-,6+,7-/m0/s1. The van der Waals surface area contributed by atoms with Crippen molar-refractivity contribution in [2.24, 2.45) is 11.7 Å². The molecule has 0 bridgehead atoms. The molecular weight excluding hydrogens is 172 g/mol. The quantitative estimate of drug-likeness (QED) is 0.582. The molecule has 0 aromatic carbocycles. The zero-order chi connectivity index (χ0) is 9.84. The van der Waals surface area contributed by atoms with Crippen LogP contribution in [0.5, 0.6) is 0 Å². The Kier molecular flexibility index (Phi) is 3.50. The van der Waals surface area contributed by atoms with E-state index in [1.54, 1.807) is 7.11 Å².